The van der Waals surface area contributed by atoms with Crippen LogP contribution in [0.2, 0.25) is 0 Å². The lowest BCUT2D eigenvalue weighted by Gasteiger charge is -2.19. The number of ether oxygens (including phenoxy) is 1. The van der Waals surface area contributed by atoms with E-state index < -0.39 is 23.7 Å². The maximum absolute atomic E-state index is 13.0. The molecule has 0 unspecified atom stereocenters. The third-order valence-electron chi connectivity index (χ3n) is 5.98. The lowest BCUT2D eigenvalue weighted by Crippen LogP contribution is -2.19. The fraction of sp³-hybridized carbons (Fsp3) is 0.286. The summed E-state index contributed by atoms with van der Waals surface area (Å²) in [4.78, 5) is 29.4. The third-order valence-corrected chi connectivity index (χ3v) is 5.98. The Hall–Kier alpha value is -4.61. The van der Waals surface area contributed by atoms with Crippen molar-refractivity contribution in [3.63, 3.8) is 0 Å². The Balaban J connectivity index is 1.62. The first-order valence-electron chi connectivity index (χ1n) is 12.4. The van der Waals surface area contributed by atoms with Gasteiger partial charge in [-0.2, -0.15) is 18.3 Å². The number of esters is 1. The number of amides is 2. The molecule has 2 aromatic carbocycles. The van der Waals surface area contributed by atoms with E-state index in [2.05, 4.69) is 15.7 Å². The molecule has 2 amide bonds. The van der Waals surface area contributed by atoms with Crippen LogP contribution < -0.4 is 16.4 Å². The van der Waals surface area contributed by atoms with Gasteiger partial charge in [-0.25, -0.2) is 14.5 Å². The van der Waals surface area contributed by atoms with Gasteiger partial charge in [0.05, 0.1) is 17.6 Å². The number of hydrogen-bond acceptors (Lipinski definition) is 6. The van der Waals surface area contributed by atoms with E-state index in [-0.39, 0.29) is 30.1 Å². The molecule has 4 rings (SSSR count). The molecule has 0 saturated heterocycles. The molecule has 0 saturated carbocycles. The van der Waals surface area contributed by atoms with Crippen molar-refractivity contribution < 1.29 is 27.5 Å². The number of anilines is 3. The first-order chi connectivity index (χ1) is 18.8. The summed E-state index contributed by atoms with van der Waals surface area (Å²) >= 11 is 0. The highest BCUT2D eigenvalue weighted by Gasteiger charge is 2.30. The average molecular weight is 555 g/mol. The van der Waals surface area contributed by atoms with E-state index in [1.807, 2.05) is 26.8 Å². The van der Waals surface area contributed by atoms with Gasteiger partial charge in [0.25, 0.3) is 0 Å². The van der Waals surface area contributed by atoms with Crippen molar-refractivity contribution in [2.24, 2.45) is 0 Å². The number of urea groups is 1. The van der Waals surface area contributed by atoms with Crippen molar-refractivity contribution in [1.29, 1.82) is 0 Å². The SMILES string of the molecule is CCOC(=O)Cn1nc(N)c2c(-c3ccc(NC(=O)Nc4cccc(C(F)(F)F)c4)cc3)cc(C(C)(C)C)nc21. The Labute approximate surface area is 228 Å². The molecule has 0 fully saturated rings. The van der Waals surface area contributed by atoms with Gasteiger partial charge in [-0.1, -0.05) is 39.0 Å². The van der Waals surface area contributed by atoms with Crippen LogP contribution in [-0.2, 0) is 27.7 Å². The molecule has 2 heterocycles. The second kappa shape index (κ2) is 10.9. The molecule has 9 nitrogen and oxygen atoms in total. The van der Waals surface area contributed by atoms with Gasteiger partial charge in [-0.05, 0) is 54.4 Å². The highest BCUT2D eigenvalue weighted by Crippen LogP contribution is 2.36. The predicted octanol–water partition coefficient (Wildman–Crippen LogP) is 6.20. The number of nitrogens with one attached hydrogen (secondary N) is 2. The zero-order valence-electron chi connectivity index (χ0n) is 22.4. The molecule has 40 heavy (non-hydrogen) atoms. The molecule has 0 aliphatic carbocycles. The monoisotopic (exact) mass is 554 g/mol. The molecule has 0 radical (unpaired) electrons. The van der Waals surface area contributed by atoms with Crippen LogP contribution >= 0.6 is 0 Å². The molecule has 0 spiro atoms. The third kappa shape index (κ3) is 6.33. The van der Waals surface area contributed by atoms with Crippen molar-refractivity contribution in [2.45, 2.75) is 45.8 Å². The molecular formula is C28H29F3N6O3. The minimum absolute atomic E-state index is 0.00754. The van der Waals surface area contributed by atoms with Gasteiger partial charge < -0.3 is 21.1 Å². The number of benzene rings is 2. The van der Waals surface area contributed by atoms with Crippen LogP contribution in [0.1, 0.15) is 39.0 Å². The number of nitrogens with two attached hydrogens (primary N) is 1. The first-order valence-corrected chi connectivity index (χ1v) is 12.4. The number of halogens is 3. The largest absolute Gasteiger partial charge is 0.465 e. The minimum Gasteiger partial charge on any atom is -0.465 e. The van der Waals surface area contributed by atoms with Crippen molar-refractivity contribution in [3.05, 3.63) is 65.9 Å². The number of aromatic nitrogens is 3. The van der Waals surface area contributed by atoms with Gasteiger partial charge in [0.1, 0.15) is 6.54 Å². The second-order valence-corrected chi connectivity index (χ2v) is 10.1. The molecule has 0 atom stereocenters. The van der Waals surface area contributed by atoms with Gasteiger partial charge in [0, 0.05) is 22.5 Å². The summed E-state index contributed by atoms with van der Waals surface area (Å²) in [6.07, 6.45) is -4.52. The normalized spacial score (nSPS) is 11.9. The summed E-state index contributed by atoms with van der Waals surface area (Å²) in [5.41, 5.74) is 8.18. The van der Waals surface area contributed by atoms with Gasteiger partial charge >= 0.3 is 18.2 Å². The molecule has 0 bridgehead atoms. The number of hydrogen-bond donors (Lipinski definition) is 3. The predicted molar refractivity (Wildman–Crippen MR) is 147 cm³/mol. The lowest BCUT2D eigenvalue weighted by atomic mass is 9.89. The van der Waals surface area contributed by atoms with Crippen molar-refractivity contribution in [2.75, 3.05) is 23.0 Å². The Kier molecular flexibility index (Phi) is 7.72. The van der Waals surface area contributed by atoms with Crippen molar-refractivity contribution in [3.8, 4) is 11.1 Å². The Bertz CT molecular complexity index is 1560. The number of fused-ring (bicyclic) bond motifs is 1. The zero-order valence-corrected chi connectivity index (χ0v) is 22.4. The smallest absolute Gasteiger partial charge is 0.416 e. The number of alkyl halides is 3. The van der Waals surface area contributed by atoms with E-state index in [1.54, 1.807) is 31.2 Å². The van der Waals surface area contributed by atoms with E-state index in [0.717, 1.165) is 29.0 Å². The number of carbonyl (C=O) groups is 2. The van der Waals surface area contributed by atoms with Gasteiger partial charge in [0.2, 0.25) is 0 Å². The molecule has 0 aliphatic rings. The van der Waals surface area contributed by atoms with Crippen LogP contribution in [0.25, 0.3) is 22.2 Å². The zero-order chi connectivity index (χ0) is 29.2. The van der Waals surface area contributed by atoms with Crippen molar-refractivity contribution >= 4 is 40.2 Å². The fourth-order valence-corrected chi connectivity index (χ4v) is 4.05. The quantitative estimate of drug-likeness (QED) is 0.244. The number of nitrogens with zero attached hydrogens (tertiary/aromatic N) is 3. The minimum atomic E-state index is -4.52. The number of rotatable bonds is 6. The molecular weight excluding hydrogens is 525 g/mol. The highest BCUT2D eigenvalue weighted by atomic mass is 19.4. The molecule has 4 N–H and O–H groups in total. The average Bonchev–Trinajstić information content (AvgIpc) is 3.18. The summed E-state index contributed by atoms with van der Waals surface area (Å²) in [5, 5.41) is 9.93. The molecule has 4 aromatic rings. The summed E-state index contributed by atoms with van der Waals surface area (Å²) in [7, 11) is 0. The van der Waals surface area contributed by atoms with Crippen LogP contribution in [0.4, 0.5) is 35.2 Å². The maximum Gasteiger partial charge on any atom is 0.416 e. The van der Waals surface area contributed by atoms with Crippen LogP contribution in [0.15, 0.2) is 54.6 Å². The number of carbonyl (C=O) groups excluding carboxylic acids is 2. The van der Waals surface area contributed by atoms with E-state index in [0.29, 0.717) is 16.7 Å². The Morgan fingerprint density at radius 2 is 1.68 bits per heavy atom. The van der Waals surface area contributed by atoms with E-state index >= 15 is 0 Å². The van der Waals surface area contributed by atoms with Crippen LogP contribution in [0.5, 0.6) is 0 Å². The molecule has 12 heteroatoms. The second-order valence-electron chi connectivity index (χ2n) is 10.1. The lowest BCUT2D eigenvalue weighted by molar-refractivity contribution is -0.144. The summed E-state index contributed by atoms with van der Waals surface area (Å²) < 4.78 is 45.4. The van der Waals surface area contributed by atoms with E-state index in [1.165, 1.54) is 16.8 Å². The van der Waals surface area contributed by atoms with Crippen LogP contribution in [0.3, 0.4) is 0 Å². The summed E-state index contributed by atoms with van der Waals surface area (Å²) in [6, 6.07) is 12.4. The van der Waals surface area contributed by atoms with E-state index in [9.17, 15) is 22.8 Å². The van der Waals surface area contributed by atoms with Gasteiger partial charge in [0.15, 0.2) is 11.5 Å². The maximum atomic E-state index is 13.0. The molecule has 210 valence electrons. The topological polar surface area (TPSA) is 124 Å². The molecule has 0 aliphatic heterocycles. The Morgan fingerprint density at radius 1 is 1.00 bits per heavy atom. The number of nitrogen functional groups attached to an aromatic ring is 1. The summed E-state index contributed by atoms with van der Waals surface area (Å²) in [6.45, 7) is 7.83. The van der Waals surface area contributed by atoms with Crippen LogP contribution in [-0.4, -0.2) is 33.4 Å². The number of pyridine rings is 1. The van der Waals surface area contributed by atoms with E-state index in [4.69, 9.17) is 15.5 Å². The highest BCUT2D eigenvalue weighted by molar-refractivity contribution is 6.02. The first kappa shape index (κ1) is 28.4. The van der Waals surface area contributed by atoms with Crippen LogP contribution in [0, 0.1) is 0 Å². The fourth-order valence-electron chi connectivity index (χ4n) is 4.05. The Morgan fingerprint density at radius 3 is 2.30 bits per heavy atom. The van der Waals surface area contributed by atoms with Gasteiger partial charge in [-0.15, -0.1) is 0 Å². The summed E-state index contributed by atoms with van der Waals surface area (Å²) in [5.74, 6) is -0.264. The van der Waals surface area contributed by atoms with Crippen molar-refractivity contribution in [1.82, 2.24) is 14.8 Å². The molecule has 2 aromatic heterocycles. The standard InChI is InChI=1S/C28H29F3N6O3/c1-5-40-22(38)15-37-25-23(24(32)36-37)20(14-21(35-25)27(2,3)4)16-9-11-18(12-10-16)33-26(39)34-19-8-6-7-17(13-19)28(29,30)31/h6-14H,5,15H2,1-4H3,(H2,32,36)(H2,33,34,39). The van der Waals surface area contributed by atoms with Gasteiger partial charge in [-0.3, -0.25) is 4.79 Å².